The Morgan fingerprint density at radius 3 is 2.04 bits per heavy atom. The van der Waals surface area contributed by atoms with Crippen LogP contribution in [0.5, 0.6) is 11.5 Å². The molecule has 1 aromatic heterocycles. The number of hydrogen-bond donors (Lipinski definition) is 1. The van der Waals surface area contributed by atoms with Crippen molar-refractivity contribution < 1.29 is 4.74 Å². The van der Waals surface area contributed by atoms with Gasteiger partial charge < -0.3 is 10.1 Å². The van der Waals surface area contributed by atoms with E-state index in [1.165, 1.54) is 5.39 Å². The molecule has 0 saturated heterocycles. The Morgan fingerprint density at radius 2 is 1.29 bits per heavy atom. The zero-order chi connectivity index (χ0) is 18.8. The monoisotopic (exact) mass is 363 g/mol. The third kappa shape index (κ3) is 3.35. The molecule has 0 saturated carbocycles. The summed E-state index contributed by atoms with van der Waals surface area (Å²) in [6, 6.07) is 29.9. The molecule has 0 amide bonds. The second kappa shape index (κ2) is 7.00. The number of ether oxygens (including phenoxy) is 1. The molecule has 0 aliphatic rings. The van der Waals surface area contributed by atoms with Crippen LogP contribution < -0.4 is 10.1 Å². The first-order valence-electron chi connectivity index (χ1n) is 9.09. The molecule has 134 valence electrons. The number of rotatable bonds is 4. The van der Waals surface area contributed by atoms with Gasteiger partial charge in [0.1, 0.15) is 17.3 Å². The Morgan fingerprint density at radius 1 is 0.643 bits per heavy atom. The van der Waals surface area contributed by atoms with Crippen LogP contribution in [0.25, 0.3) is 21.8 Å². The van der Waals surface area contributed by atoms with Crippen molar-refractivity contribution in [1.82, 2.24) is 9.97 Å². The third-order valence-corrected chi connectivity index (χ3v) is 4.52. The van der Waals surface area contributed by atoms with Crippen LogP contribution in [0.15, 0.2) is 97.2 Å². The molecule has 4 heteroatoms. The van der Waals surface area contributed by atoms with E-state index in [4.69, 9.17) is 9.72 Å². The average Bonchev–Trinajstić information content (AvgIpc) is 2.74. The van der Waals surface area contributed by atoms with E-state index in [0.29, 0.717) is 5.82 Å². The van der Waals surface area contributed by atoms with Gasteiger partial charge >= 0.3 is 0 Å². The third-order valence-electron chi connectivity index (χ3n) is 4.52. The van der Waals surface area contributed by atoms with Gasteiger partial charge in [-0.25, -0.2) is 4.98 Å². The summed E-state index contributed by atoms with van der Waals surface area (Å²) < 4.78 is 5.83. The maximum atomic E-state index is 5.83. The molecular formula is C24H17N3O. The Balaban J connectivity index is 1.37. The lowest BCUT2D eigenvalue weighted by Gasteiger charge is -2.09. The minimum Gasteiger partial charge on any atom is -0.457 e. The zero-order valence-corrected chi connectivity index (χ0v) is 15.0. The molecule has 0 radical (unpaired) electrons. The van der Waals surface area contributed by atoms with E-state index in [0.717, 1.165) is 33.6 Å². The van der Waals surface area contributed by atoms with Crippen molar-refractivity contribution >= 4 is 33.3 Å². The van der Waals surface area contributed by atoms with E-state index in [-0.39, 0.29) is 0 Å². The largest absolute Gasteiger partial charge is 0.457 e. The van der Waals surface area contributed by atoms with Gasteiger partial charge in [-0.3, -0.25) is 4.98 Å². The Hall–Kier alpha value is -3.92. The van der Waals surface area contributed by atoms with Crippen LogP contribution in [-0.4, -0.2) is 9.97 Å². The van der Waals surface area contributed by atoms with Gasteiger partial charge in [-0.1, -0.05) is 42.5 Å². The first-order chi connectivity index (χ1) is 13.8. The lowest BCUT2D eigenvalue weighted by molar-refractivity contribution is 0.483. The molecule has 4 aromatic carbocycles. The average molecular weight is 363 g/mol. The van der Waals surface area contributed by atoms with E-state index >= 15 is 0 Å². The van der Waals surface area contributed by atoms with Crippen molar-refractivity contribution in [2.24, 2.45) is 0 Å². The molecule has 0 aliphatic heterocycles. The van der Waals surface area contributed by atoms with Crippen LogP contribution in [-0.2, 0) is 0 Å². The van der Waals surface area contributed by atoms with E-state index in [1.807, 2.05) is 66.7 Å². The van der Waals surface area contributed by atoms with Crippen LogP contribution in [0.1, 0.15) is 0 Å². The van der Waals surface area contributed by atoms with Gasteiger partial charge in [-0.2, -0.15) is 0 Å². The predicted molar refractivity (Wildman–Crippen MR) is 113 cm³/mol. The van der Waals surface area contributed by atoms with Gasteiger partial charge in [0.05, 0.1) is 17.2 Å². The van der Waals surface area contributed by atoms with Crippen LogP contribution >= 0.6 is 0 Å². The molecule has 1 N–H and O–H groups in total. The summed E-state index contributed by atoms with van der Waals surface area (Å²) in [6.45, 7) is 0. The zero-order valence-electron chi connectivity index (χ0n) is 15.0. The molecule has 0 fully saturated rings. The van der Waals surface area contributed by atoms with Crippen LogP contribution in [0.3, 0.4) is 0 Å². The van der Waals surface area contributed by atoms with Gasteiger partial charge in [0.15, 0.2) is 0 Å². The Labute approximate surface area is 162 Å². The predicted octanol–water partition coefficient (Wildman–Crippen LogP) is 6.32. The molecule has 0 spiro atoms. The van der Waals surface area contributed by atoms with Gasteiger partial charge in [0, 0.05) is 5.69 Å². The van der Waals surface area contributed by atoms with E-state index in [1.54, 1.807) is 6.20 Å². The Kier molecular flexibility index (Phi) is 4.07. The summed E-state index contributed by atoms with van der Waals surface area (Å²) in [5, 5.41) is 5.63. The van der Waals surface area contributed by atoms with Crippen molar-refractivity contribution in [3.05, 3.63) is 97.2 Å². The lowest BCUT2D eigenvalue weighted by Crippen LogP contribution is -1.95. The van der Waals surface area contributed by atoms with Crippen LogP contribution in [0.2, 0.25) is 0 Å². The molecule has 0 bridgehead atoms. The minimum absolute atomic E-state index is 0.708. The standard InChI is InChI=1S/C24H17N3O/c1-2-8-20(9-3-1)28-21-12-10-19(11-13-21)26-24-16-25-22-14-17-6-4-5-7-18(17)15-23(22)27-24/h1-16H,(H,26,27). The number of nitrogens with one attached hydrogen (secondary N) is 1. The number of para-hydroxylation sites is 1. The highest BCUT2D eigenvalue weighted by molar-refractivity contribution is 5.95. The smallest absolute Gasteiger partial charge is 0.149 e. The molecule has 5 rings (SSSR count). The maximum Gasteiger partial charge on any atom is 0.149 e. The number of benzene rings is 4. The van der Waals surface area contributed by atoms with Crippen LogP contribution in [0.4, 0.5) is 11.5 Å². The quantitative estimate of drug-likeness (QED) is 0.380. The van der Waals surface area contributed by atoms with Crippen molar-refractivity contribution in [2.75, 3.05) is 5.32 Å². The molecule has 0 aliphatic carbocycles. The maximum absolute atomic E-state index is 5.83. The highest BCUT2D eigenvalue weighted by Gasteiger charge is 2.04. The summed E-state index contributed by atoms with van der Waals surface area (Å²) in [7, 11) is 0. The van der Waals surface area contributed by atoms with Crippen molar-refractivity contribution in [3.8, 4) is 11.5 Å². The number of hydrogen-bond acceptors (Lipinski definition) is 4. The number of fused-ring (bicyclic) bond motifs is 2. The molecule has 28 heavy (non-hydrogen) atoms. The number of nitrogens with zero attached hydrogens (tertiary/aromatic N) is 2. The van der Waals surface area contributed by atoms with Crippen LogP contribution in [0, 0.1) is 0 Å². The summed E-state index contributed by atoms with van der Waals surface area (Å²) in [6.07, 6.45) is 1.76. The summed E-state index contributed by atoms with van der Waals surface area (Å²) in [4.78, 5) is 9.26. The van der Waals surface area contributed by atoms with Crippen molar-refractivity contribution in [3.63, 3.8) is 0 Å². The van der Waals surface area contributed by atoms with Crippen molar-refractivity contribution in [1.29, 1.82) is 0 Å². The summed E-state index contributed by atoms with van der Waals surface area (Å²) >= 11 is 0. The molecule has 4 nitrogen and oxygen atoms in total. The molecule has 0 atom stereocenters. The summed E-state index contributed by atoms with van der Waals surface area (Å²) in [5.74, 6) is 2.31. The fourth-order valence-corrected chi connectivity index (χ4v) is 3.14. The van der Waals surface area contributed by atoms with E-state index in [2.05, 4.69) is 34.6 Å². The first kappa shape index (κ1) is 16.3. The molecule has 0 unspecified atom stereocenters. The topological polar surface area (TPSA) is 47.0 Å². The molecular weight excluding hydrogens is 346 g/mol. The normalized spacial score (nSPS) is 10.9. The fraction of sp³-hybridized carbons (Fsp3) is 0. The second-order valence-corrected chi connectivity index (χ2v) is 6.51. The van der Waals surface area contributed by atoms with Crippen molar-refractivity contribution in [2.45, 2.75) is 0 Å². The molecule has 5 aromatic rings. The minimum atomic E-state index is 0.708. The van der Waals surface area contributed by atoms with Gasteiger partial charge in [0.2, 0.25) is 0 Å². The van der Waals surface area contributed by atoms with Gasteiger partial charge in [-0.15, -0.1) is 0 Å². The van der Waals surface area contributed by atoms with E-state index in [9.17, 15) is 0 Å². The lowest BCUT2D eigenvalue weighted by atomic mass is 10.1. The van der Waals surface area contributed by atoms with Gasteiger partial charge in [-0.05, 0) is 59.3 Å². The number of aromatic nitrogens is 2. The van der Waals surface area contributed by atoms with Gasteiger partial charge in [0.25, 0.3) is 0 Å². The fourth-order valence-electron chi connectivity index (χ4n) is 3.14. The number of anilines is 2. The molecule has 1 heterocycles. The highest BCUT2D eigenvalue weighted by Crippen LogP contribution is 2.25. The highest BCUT2D eigenvalue weighted by atomic mass is 16.5. The first-order valence-corrected chi connectivity index (χ1v) is 9.09. The Bertz CT molecular complexity index is 1250. The second-order valence-electron chi connectivity index (χ2n) is 6.51. The van der Waals surface area contributed by atoms with E-state index < -0.39 is 0 Å². The SMILES string of the molecule is c1ccc(Oc2ccc(Nc3cnc4cc5ccccc5cc4n3)cc2)cc1. The summed E-state index contributed by atoms with van der Waals surface area (Å²) in [5.41, 5.74) is 2.68.